The number of carbonyl (C=O) groups is 1. The summed E-state index contributed by atoms with van der Waals surface area (Å²) in [4.78, 5) is 12.1. The first-order valence-electron chi connectivity index (χ1n) is 9.00. The van der Waals surface area contributed by atoms with Crippen LogP contribution in [0.1, 0.15) is 25.0 Å². The van der Waals surface area contributed by atoms with E-state index in [2.05, 4.69) is 5.32 Å². The van der Waals surface area contributed by atoms with Crippen molar-refractivity contribution in [2.45, 2.75) is 37.9 Å². The normalized spacial score (nSPS) is 12.0. The highest BCUT2D eigenvalue weighted by molar-refractivity contribution is 7.93. The van der Waals surface area contributed by atoms with Crippen LogP contribution < -0.4 is 14.4 Å². The number of anilines is 1. The summed E-state index contributed by atoms with van der Waals surface area (Å²) in [7, 11) is -3.15. The summed E-state index contributed by atoms with van der Waals surface area (Å²) in [5, 5.41) is 2.55. The molecular formula is C20H23F3N2O4S. The Morgan fingerprint density at radius 2 is 1.83 bits per heavy atom. The number of ether oxygens (including phenoxy) is 1. The third kappa shape index (κ3) is 5.44. The minimum atomic E-state index is -4.67. The van der Waals surface area contributed by atoms with E-state index in [1.165, 1.54) is 25.3 Å². The van der Waals surface area contributed by atoms with E-state index in [9.17, 15) is 26.4 Å². The largest absolute Gasteiger partial charge is 0.495 e. The average Bonchev–Trinajstić information content (AvgIpc) is 2.64. The summed E-state index contributed by atoms with van der Waals surface area (Å²) >= 11 is 0. The number of rotatable bonds is 7. The van der Waals surface area contributed by atoms with Crippen molar-refractivity contribution in [3.63, 3.8) is 0 Å². The molecule has 1 N–H and O–H groups in total. The number of aryl methyl sites for hydroxylation is 1. The molecule has 0 aromatic heterocycles. The Labute approximate surface area is 173 Å². The van der Waals surface area contributed by atoms with Gasteiger partial charge < -0.3 is 10.1 Å². The van der Waals surface area contributed by atoms with Crippen molar-refractivity contribution in [1.82, 2.24) is 5.32 Å². The Morgan fingerprint density at radius 3 is 2.40 bits per heavy atom. The average molecular weight is 444 g/mol. The van der Waals surface area contributed by atoms with E-state index < -0.39 is 34.2 Å². The molecule has 0 aliphatic rings. The number of carbonyl (C=O) groups excluding carboxylic acids is 1. The third-order valence-electron chi connectivity index (χ3n) is 4.09. The molecule has 30 heavy (non-hydrogen) atoms. The maximum atomic E-state index is 13.4. The van der Waals surface area contributed by atoms with Crippen molar-refractivity contribution in [2.24, 2.45) is 0 Å². The van der Waals surface area contributed by atoms with Crippen molar-refractivity contribution in [3.05, 3.63) is 53.6 Å². The number of hydrogen-bond acceptors (Lipinski definition) is 4. The van der Waals surface area contributed by atoms with Gasteiger partial charge in [0.15, 0.2) is 0 Å². The Kier molecular flexibility index (Phi) is 7.02. The number of benzene rings is 2. The van der Waals surface area contributed by atoms with Crippen molar-refractivity contribution >= 4 is 21.6 Å². The van der Waals surface area contributed by atoms with Crippen LogP contribution in [0, 0.1) is 6.92 Å². The van der Waals surface area contributed by atoms with Gasteiger partial charge in [0.05, 0.1) is 18.4 Å². The zero-order chi connectivity index (χ0) is 22.7. The van der Waals surface area contributed by atoms with Crippen LogP contribution in [0.15, 0.2) is 47.4 Å². The molecule has 0 bridgehead atoms. The molecule has 0 atom stereocenters. The standard InChI is InChI=1S/C20H23F3N2O4S/c1-13(2)24-19(26)12-25(16-7-5-6-15(11-16)20(21,22)23)30(27,28)18-10-14(3)8-9-17(18)29-4/h5-11,13H,12H2,1-4H3,(H,24,26). The summed E-state index contributed by atoms with van der Waals surface area (Å²) in [6.07, 6.45) is -4.67. The number of sulfonamides is 1. The van der Waals surface area contributed by atoms with Gasteiger partial charge in [-0.05, 0) is 56.7 Å². The molecule has 0 aliphatic carbocycles. The highest BCUT2D eigenvalue weighted by Crippen LogP contribution is 2.35. The molecule has 0 saturated heterocycles. The molecule has 164 valence electrons. The summed E-state index contributed by atoms with van der Waals surface area (Å²) < 4.78 is 72.2. The molecule has 10 heteroatoms. The molecule has 2 rings (SSSR count). The first-order valence-corrected chi connectivity index (χ1v) is 10.4. The van der Waals surface area contributed by atoms with Crippen LogP contribution in [-0.2, 0) is 21.0 Å². The van der Waals surface area contributed by atoms with Gasteiger partial charge in [0.2, 0.25) is 5.91 Å². The predicted octanol–water partition coefficient (Wildman–Crippen LogP) is 3.74. The second kappa shape index (κ2) is 8.95. The van der Waals surface area contributed by atoms with Crippen LogP contribution in [0.3, 0.4) is 0 Å². The fourth-order valence-corrected chi connectivity index (χ4v) is 4.41. The molecule has 0 aliphatic heterocycles. The van der Waals surface area contributed by atoms with Gasteiger partial charge in [-0.15, -0.1) is 0 Å². The number of methoxy groups -OCH3 is 1. The number of halogens is 3. The van der Waals surface area contributed by atoms with Gasteiger partial charge >= 0.3 is 6.18 Å². The van der Waals surface area contributed by atoms with Crippen LogP contribution >= 0.6 is 0 Å². The quantitative estimate of drug-likeness (QED) is 0.706. The molecule has 2 aromatic rings. The molecule has 0 saturated carbocycles. The van der Waals surface area contributed by atoms with E-state index in [0.29, 0.717) is 15.9 Å². The zero-order valence-corrected chi connectivity index (χ0v) is 17.8. The van der Waals surface area contributed by atoms with Gasteiger partial charge in [0, 0.05) is 6.04 Å². The maximum Gasteiger partial charge on any atom is 0.416 e. The Balaban J connectivity index is 2.65. The van der Waals surface area contributed by atoms with Gasteiger partial charge in [0.25, 0.3) is 10.0 Å². The van der Waals surface area contributed by atoms with E-state index in [4.69, 9.17) is 4.74 Å². The van der Waals surface area contributed by atoms with Crippen molar-refractivity contribution in [1.29, 1.82) is 0 Å². The van der Waals surface area contributed by atoms with Crippen LogP contribution in [0.2, 0.25) is 0 Å². The molecule has 0 spiro atoms. The monoisotopic (exact) mass is 444 g/mol. The predicted molar refractivity (Wildman–Crippen MR) is 107 cm³/mol. The van der Waals surface area contributed by atoms with Gasteiger partial charge in [0.1, 0.15) is 17.2 Å². The van der Waals surface area contributed by atoms with Gasteiger partial charge in [-0.2, -0.15) is 13.2 Å². The van der Waals surface area contributed by atoms with E-state index in [0.717, 1.165) is 12.1 Å². The molecule has 0 heterocycles. The molecule has 1 amide bonds. The summed E-state index contributed by atoms with van der Waals surface area (Å²) in [6, 6.07) is 7.97. The summed E-state index contributed by atoms with van der Waals surface area (Å²) in [5.74, 6) is -0.639. The minimum Gasteiger partial charge on any atom is -0.495 e. The highest BCUT2D eigenvalue weighted by atomic mass is 32.2. The number of amides is 1. The molecule has 0 fully saturated rings. The molecular weight excluding hydrogens is 421 g/mol. The van der Waals surface area contributed by atoms with E-state index in [1.807, 2.05) is 0 Å². The number of alkyl halides is 3. The first-order chi connectivity index (χ1) is 13.9. The smallest absolute Gasteiger partial charge is 0.416 e. The molecule has 0 unspecified atom stereocenters. The van der Waals surface area contributed by atoms with Gasteiger partial charge in [-0.3, -0.25) is 9.10 Å². The Hall–Kier alpha value is -2.75. The molecule has 0 radical (unpaired) electrons. The highest BCUT2D eigenvalue weighted by Gasteiger charge is 2.34. The summed E-state index contributed by atoms with van der Waals surface area (Å²) in [5.41, 5.74) is -0.710. The molecule has 6 nitrogen and oxygen atoms in total. The van der Waals surface area contributed by atoms with Crippen LogP contribution in [0.5, 0.6) is 5.75 Å². The zero-order valence-electron chi connectivity index (χ0n) is 16.9. The second-order valence-electron chi connectivity index (χ2n) is 6.94. The number of nitrogens with zero attached hydrogens (tertiary/aromatic N) is 1. The maximum absolute atomic E-state index is 13.4. The van der Waals surface area contributed by atoms with E-state index in [1.54, 1.807) is 26.8 Å². The van der Waals surface area contributed by atoms with E-state index >= 15 is 0 Å². The minimum absolute atomic E-state index is 0.0156. The van der Waals surface area contributed by atoms with Crippen molar-refractivity contribution < 1.29 is 31.1 Å². The topological polar surface area (TPSA) is 75.7 Å². The van der Waals surface area contributed by atoms with Crippen LogP contribution in [0.4, 0.5) is 18.9 Å². The molecule has 2 aromatic carbocycles. The number of hydrogen-bond donors (Lipinski definition) is 1. The summed E-state index contributed by atoms with van der Waals surface area (Å²) in [6.45, 7) is 4.34. The third-order valence-corrected chi connectivity index (χ3v) is 5.88. The van der Waals surface area contributed by atoms with Crippen LogP contribution in [-0.4, -0.2) is 34.0 Å². The van der Waals surface area contributed by atoms with E-state index in [-0.39, 0.29) is 22.4 Å². The van der Waals surface area contributed by atoms with Crippen LogP contribution in [0.25, 0.3) is 0 Å². The second-order valence-corrected chi connectivity index (χ2v) is 8.77. The fraction of sp³-hybridized carbons (Fsp3) is 0.350. The first kappa shape index (κ1) is 23.5. The lowest BCUT2D eigenvalue weighted by atomic mass is 10.2. The lowest BCUT2D eigenvalue weighted by Crippen LogP contribution is -2.43. The fourth-order valence-electron chi connectivity index (χ4n) is 2.75. The Morgan fingerprint density at radius 1 is 1.17 bits per heavy atom. The SMILES string of the molecule is COc1ccc(C)cc1S(=O)(=O)N(CC(=O)NC(C)C)c1cccc(C(F)(F)F)c1. The van der Waals surface area contributed by atoms with Gasteiger partial charge in [-0.1, -0.05) is 12.1 Å². The van der Waals surface area contributed by atoms with Crippen molar-refractivity contribution in [2.75, 3.05) is 18.0 Å². The number of nitrogens with one attached hydrogen (secondary N) is 1. The van der Waals surface area contributed by atoms with Crippen molar-refractivity contribution in [3.8, 4) is 5.75 Å². The lowest BCUT2D eigenvalue weighted by molar-refractivity contribution is -0.137. The Bertz CT molecular complexity index is 1020. The lowest BCUT2D eigenvalue weighted by Gasteiger charge is -2.26. The van der Waals surface area contributed by atoms with Gasteiger partial charge in [-0.25, -0.2) is 8.42 Å².